The Morgan fingerprint density at radius 3 is 2.76 bits per heavy atom. The van der Waals surface area contributed by atoms with Gasteiger partial charge in [-0.15, -0.1) is 0 Å². The number of fused-ring (bicyclic) bond motifs is 1. The summed E-state index contributed by atoms with van der Waals surface area (Å²) in [5, 5.41) is 3.09. The maximum atomic E-state index is 6.01. The lowest BCUT2D eigenvalue weighted by Gasteiger charge is -2.11. The highest BCUT2D eigenvalue weighted by atomic mass is 16.7. The van der Waals surface area contributed by atoms with Crippen LogP contribution in [0.15, 0.2) is 54.6 Å². The molecule has 1 aliphatic heterocycles. The van der Waals surface area contributed by atoms with Crippen molar-refractivity contribution in [3.8, 4) is 17.2 Å². The van der Waals surface area contributed by atoms with Crippen LogP contribution in [0.1, 0.15) is 5.56 Å². The molecule has 0 aliphatic carbocycles. The monoisotopic (exact) mass is 283 g/mol. The van der Waals surface area contributed by atoms with Crippen molar-refractivity contribution in [3.63, 3.8) is 0 Å². The minimum absolute atomic E-state index is 0.264. The van der Waals surface area contributed by atoms with Gasteiger partial charge in [0.2, 0.25) is 6.79 Å². The molecule has 0 saturated carbocycles. The van der Waals surface area contributed by atoms with Crippen molar-refractivity contribution in [2.24, 2.45) is 0 Å². The molecular weight excluding hydrogens is 266 g/mol. The molecule has 4 heteroatoms. The van der Waals surface area contributed by atoms with E-state index in [1.807, 2.05) is 61.7 Å². The van der Waals surface area contributed by atoms with Crippen LogP contribution in [-0.4, -0.2) is 20.4 Å². The topological polar surface area (TPSA) is 39.7 Å². The average molecular weight is 283 g/mol. The van der Waals surface area contributed by atoms with E-state index in [0.717, 1.165) is 29.4 Å². The number of ether oxygens (including phenoxy) is 3. The quantitative estimate of drug-likeness (QED) is 0.856. The zero-order valence-electron chi connectivity index (χ0n) is 11.8. The van der Waals surface area contributed by atoms with Gasteiger partial charge in [0, 0.05) is 18.2 Å². The van der Waals surface area contributed by atoms with Crippen molar-refractivity contribution in [1.82, 2.24) is 5.32 Å². The van der Waals surface area contributed by atoms with Crippen LogP contribution in [0, 0.1) is 0 Å². The van der Waals surface area contributed by atoms with E-state index < -0.39 is 0 Å². The summed E-state index contributed by atoms with van der Waals surface area (Å²) in [5.74, 6) is 3.01. The fraction of sp³-hybridized carbons (Fsp3) is 0.176. The minimum Gasteiger partial charge on any atom is -0.457 e. The van der Waals surface area contributed by atoms with E-state index in [-0.39, 0.29) is 6.79 Å². The second-order valence-corrected chi connectivity index (χ2v) is 4.61. The third-order valence-electron chi connectivity index (χ3n) is 3.12. The lowest BCUT2D eigenvalue weighted by atomic mass is 10.2. The number of nitrogens with one attached hydrogen (secondary N) is 1. The number of hydrogen-bond donors (Lipinski definition) is 1. The van der Waals surface area contributed by atoms with Gasteiger partial charge in [-0.05, 0) is 25.3 Å². The van der Waals surface area contributed by atoms with Gasteiger partial charge in [0.05, 0.1) is 0 Å². The van der Waals surface area contributed by atoms with Crippen molar-refractivity contribution >= 4 is 5.76 Å². The highest BCUT2D eigenvalue weighted by Crippen LogP contribution is 2.36. The van der Waals surface area contributed by atoms with Gasteiger partial charge in [-0.2, -0.15) is 0 Å². The number of likely N-dealkylation sites (N-methyl/N-ethyl adjacent to an activating group) is 1. The molecule has 4 nitrogen and oxygen atoms in total. The summed E-state index contributed by atoms with van der Waals surface area (Å²) in [6.07, 6.45) is 2.01. The Balaban J connectivity index is 1.85. The molecule has 0 unspecified atom stereocenters. The summed E-state index contributed by atoms with van der Waals surface area (Å²) in [6.45, 7) is 0.995. The Bertz CT molecular complexity index is 638. The van der Waals surface area contributed by atoms with Crippen molar-refractivity contribution < 1.29 is 14.2 Å². The Labute approximate surface area is 124 Å². The molecule has 3 rings (SSSR count). The van der Waals surface area contributed by atoms with Crippen molar-refractivity contribution in [2.45, 2.75) is 0 Å². The Morgan fingerprint density at radius 2 is 1.95 bits per heavy atom. The average Bonchev–Trinajstić information content (AvgIpc) is 3.00. The molecule has 0 saturated heterocycles. The van der Waals surface area contributed by atoms with Crippen LogP contribution in [0.3, 0.4) is 0 Å². The van der Waals surface area contributed by atoms with Crippen LogP contribution >= 0.6 is 0 Å². The zero-order valence-corrected chi connectivity index (χ0v) is 11.8. The second-order valence-electron chi connectivity index (χ2n) is 4.61. The van der Waals surface area contributed by atoms with Crippen LogP contribution in [-0.2, 0) is 0 Å². The summed E-state index contributed by atoms with van der Waals surface area (Å²) in [4.78, 5) is 0. The SMILES string of the molecule is CNC/C=C(/Oc1ccc2c(c1)OCO2)c1ccccc1. The van der Waals surface area contributed by atoms with Crippen LogP contribution in [0.25, 0.3) is 5.76 Å². The third-order valence-corrected chi connectivity index (χ3v) is 3.12. The van der Waals surface area contributed by atoms with E-state index in [1.165, 1.54) is 0 Å². The molecule has 0 amide bonds. The van der Waals surface area contributed by atoms with Gasteiger partial charge in [0.25, 0.3) is 0 Å². The number of rotatable bonds is 5. The molecule has 0 atom stereocenters. The first-order valence-corrected chi connectivity index (χ1v) is 6.84. The highest BCUT2D eigenvalue weighted by molar-refractivity contribution is 5.62. The van der Waals surface area contributed by atoms with Gasteiger partial charge in [0.15, 0.2) is 11.5 Å². The molecular formula is C17H17NO3. The third kappa shape index (κ3) is 3.17. The molecule has 2 aromatic rings. The lowest BCUT2D eigenvalue weighted by molar-refractivity contribution is 0.174. The van der Waals surface area contributed by atoms with Gasteiger partial charge < -0.3 is 19.5 Å². The van der Waals surface area contributed by atoms with Crippen LogP contribution in [0.4, 0.5) is 0 Å². The molecule has 0 spiro atoms. The summed E-state index contributed by atoms with van der Waals surface area (Å²) in [6, 6.07) is 15.6. The fourth-order valence-electron chi connectivity index (χ4n) is 2.08. The molecule has 0 aromatic heterocycles. The first-order chi connectivity index (χ1) is 10.4. The molecule has 0 bridgehead atoms. The molecule has 1 aliphatic rings. The first-order valence-electron chi connectivity index (χ1n) is 6.84. The maximum Gasteiger partial charge on any atom is 0.231 e. The minimum atomic E-state index is 0.264. The van der Waals surface area contributed by atoms with Gasteiger partial charge >= 0.3 is 0 Å². The molecule has 108 valence electrons. The van der Waals surface area contributed by atoms with Gasteiger partial charge in [-0.25, -0.2) is 0 Å². The van der Waals surface area contributed by atoms with Crippen LogP contribution in [0.2, 0.25) is 0 Å². The Hall–Kier alpha value is -2.46. The smallest absolute Gasteiger partial charge is 0.231 e. The van der Waals surface area contributed by atoms with E-state index in [0.29, 0.717) is 5.75 Å². The molecule has 0 radical (unpaired) electrons. The summed E-state index contributed by atoms with van der Waals surface area (Å²) in [7, 11) is 1.90. The van der Waals surface area contributed by atoms with E-state index in [4.69, 9.17) is 14.2 Å². The van der Waals surface area contributed by atoms with E-state index >= 15 is 0 Å². The van der Waals surface area contributed by atoms with Gasteiger partial charge in [0.1, 0.15) is 11.5 Å². The van der Waals surface area contributed by atoms with E-state index in [9.17, 15) is 0 Å². The van der Waals surface area contributed by atoms with Gasteiger partial charge in [-0.1, -0.05) is 30.3 Å². The lowest BCUT2D eigenvalue weighted by Crippen LogP contribution is -2.07. The fourth-order valence-corrected chi connectivity index (χ4v) is 2.08. The van der Waals surface area contributed by atoms with Gasteiger partial charge in [-0.3, -0.25) is 0 Å². The van der Waals surface area contributed by atoms with Crippen LogP contribution < -0.4 is 19.5 Å². The maximum absolute atomic E-state index is 6.01. The van der Waals surface area contributed by atoms with Crippen molar-refractivity contribution in [3.05, 3.63) is 60.2 Å². The Kier molecular flexibility index (Phi) is 4.07. The largest absolute Gasteiger partial charge is 0.457 e. The highest BCUT2D eigenvalue weighted by Gasteiger charge is 2.14. The standard InChI is InChI=1S/C17H17NO3/c1-18-10-9-15(13-5-3-2-4-6-13)21-14-7-8-16-17(11-14)20-12-19-16/h2-9,11,18H,10,12H2,1H3/b15-9+. The summed E-state index contributed by atoms with van der Waals surface area (Å²) in [5.41, 5.74) is 1.03. The summed E-state index contributed by atoms with van der Waals surface area (Å²) >= 11 is 0. The normalized spacial score (nSPS) is 13.3. The molecule has 21 heavy (non-hydrogen) atoms. The van der Waals surface area contributed by atoms with E-state index in [2.05, 4.69) is 5.32 Å². The predicted octanol–water partition coefficient (Wildman–Crippen LogP) is 3.05. The van der Waals surface area contributed by atoms with Crippen LogP contribution in [0.5, 0.6) is 17.2 Å². The molecule has 2 aromatic carbocycles. The van der Waals surface area contributed by atoms with E-state index in [1.54, 1.807) is 0 Å². The van der Waals surface area contributed by atoms with Crippen molar-refractivity contribution in [2.75, 3.05) is 20.4 Å². The molecule has 0 fully saturated rings. The molecule has 1 N–H and O–H groups in total. The number of benzene rings is 2. The predicted molar refractivity (Wildman–Crippen MR) is 81.5 cm³/mol. The summed E-state index contributed by atoms with van der Waals surface area (Å²) < 4.78 is 16.7. The first kappa shape index (κ1) is 13.5. The Morgan fingerprint density at radius 1 is 1.14 bits per heavy atom. The van der Waals surface area contributed by atoms with Crippen molar-refractivity contribution in [1.29, 1.82) is 0 Å². The zero-order chi connectivity index (χ0) is 14.5. The number of hydrogen-bond acceptors (Lipinski definition) is 4. The second kappa shape index (κ2) is 6.33. The molecule has 1 heterocycles.